The Bertz CT molecular complexity index is 383. The summed E-state index contributed by atoms with van der Waals surface area (Å²) in [6, 6.07) is 0. The molecule has 15 heavy (non-hydrogen) atoms. The molecule has 0 spiro atoms. The van der Waals surface area contributed by atoms with E-state index in [2.05, 4.69) is 10.2 Å². The van der Waals surface area contributed by atoms with Crippen molar-refractivity contribution in [2.75, 3.05) is 6.61 Å². The Kier molecular flexibility index (Phi) is 3.11. The first-order valence-corrected chi connectivity index (χ1v) is 5.79. The quantitative estimate of drug-likeness (QED) is 0.579. The van der Waals surface area contributed by atoms with Crippen molar-refractivity contribution in [3.8, 4) is 0 Å². The first kappa shape index (κ1) is 10.3. The second-order valence-corrected chi connectivity index (χ2v) is 4.38. The maximum atomic E-state index is 11.0. The van der Waals surface area contributed by atoms with Crippen LogP contribution in [0.4, 0.5) is 0 Å². The molecule has 1 fully saturated rings. The Balaban J connectivity index is 1.94. The smallest absolute Gasteiger partial charge is 0.330 e. The minimum Gasteiger partial charge on any atom is -0.463 e. The summed E-state index contributed by atoms with van der Waals surface area (Å²) < 4.78 is 4.76. The van der Waals surface area contributed by atoms with Gasteiger partial charge in [-0.15, -0.1) is 10.2 Å². The number of hydrogen-bond donors (Lipinski definition) is 0. The minimum absolute atomic E-state index is 0.333. The predicted octanol–water partition coefficient (Wildman–Crippen LogP) is 1.99. The molecule has 1 aromatic rings. The lowest BCUT2D eigenvalue weighted by Crippen LogP contribution is -1.98. The van der Waals surface area contributed by atoms with Gasteiger partial charge in [-0.3, -0.25) is 0 Å². The van der Waals surface area contributed by atoms with E-state index in [1.54, 1.807) is 24.3 Å². The summed E-state index contributed by atoms with van der Waals surface area (Å²) in [4.78, 5) is 11.0. The molecule has 0 atom stereocenters. The van der Waals surface area contributed by atoms with E-state index in [0.29, 0.717) is 12.5 Å². The lowest BCUT2D eigenvalue weighted by atomic mass is 10.5. The van der Waals surface area contributed by atoms with E-state index < -0.39 is 0 Å². The van der Waals surface area contributed by atoms with Crippen LogP contribution in [0.1, 0.15) is 35.7 Å². The summed E-state index contributed by atoms with van der Waals surface area (Å²) in [6.07, 6.45) is 5.48. The van der Waals surface area contributed by atoms with E-state index in [4.69, 9.17) is 4.74 Å². The van der Waals surface area contributed by atoms with Gasteiger partial charge in [-0.2, -0.15) is 0 Å². The number of esters is 1. The van der Waals surface area contributed by atoms with Crippen LogP contribution < -0.4 is 0 Å². The van der Waals surface area contributed by atoms with Gasteiger partial charge in [-0.1, -0.05) is 11.3 Å². The molecule has 0 aliphatic heterocycles. The first-order chi connectivity index (χ1) is 7.29. The second kappa shape index (κ2) is 4.53. The van der Waals surface area contributed by atoms with Crippen LogP contribution in [0.25, 0.3) is 6.08 Å². The Morgan fingerprint density at radius 1 is 1.60 bits per heavy atom. The van der Waals surface area contributed by atoms with Crippen molar-refractivity contribution in [3.63, 3.8) is 0 Å². The van der Waals surface area contributed by atoms with E-state index in [0.717, 1.165) is 10.0 Å². The second-order valence-electron chi connectivity index (χ2n) is 3.34. The van der Waals surface area contributed by atoms with Gasteiger partial charge in [-0.05, 0) is 25.8 Å². The predicted molar refractivity (Wildman–Crippen MR) is 57.6 cm³/mol. The van der Waals surface area contributed by atoms with Gasteiger partial charge >= 0.3 is 5.97 Å². The van der Waals surface area contributed by atoms with Crippen molar-refractivity contribution < 1.29 is 9.53 Å². The SMILES string of the molecule is CCOC(=O)/C=C/c1nnc(C2CC2)s1. The maximum Gasteiger partial charge on any atom is 0.330 e. The Hall–Kier alpha value is -1.23. The van der Waals surface area contributed by atoms with Crippen molar-refractivity contribution in [2.24, 2.45) is 0 Å². The van der Waals surface area contributed by atoms with Gasteiger partial charge in [0.25, 0.3) is 0 Å². The van der Waals surface area contributed by atoms with Crippen LogP contribution in [0.15, 0.2) is 6.08 Å². The summed E-state index contributed by atoms with van der Waals surface area (Å²) in [5.41, 5.74) is 0. The first-order valence-electron chi connectivity index (χ1n) is 4.98. The molecule has 0 unspecified atom stereocenters. The van der Waals surface area contributed by atoms with Gasteiger partial charge in [0.2, 0.25) is 0 Å². The number of aromatic nitrogens is 2. The van der Waals surface area contributed by atoms with Crippen LogP contribution in [0, 0.1) is 0 Å². The molecule has 0 saturated heterocycles. The van der Waals surface area contributed by atoms with Crippen LogP contribution in [0.5, 0.6) is 0 Å². The average molecular weight is 224 g/mol. The fourth-order valence-electron chi connectivity index (χ4n) is 1.14. The van der Waals surface area contributed by atoms with Gasteiger partial charge in [0.15, 0.2) is 0 Å². The fourth-order valence-corrected chi connectivity index (χ4v) is 2.05. The van der Waals surface area contributed by atoms with Crippen LogP contribution in [0.3, 0.4) is 0 Å². The van der Waals surface area contributed by atoms with E-state index in [1.807, 2.05) is 0 Å². The number of ether oxygens (including phenoxy) is 1. The monoisotopic (exact) mass is 224 g/mol. The highest BCUT2D eigenvalue weighted by Crippen LogP contribution is 2.41. The topological polar surface area (TPSA) is 52.1 Å². The molecule has 0 bridgehead atoms. The number of carbonyl (C=O) groups excluding carboxylic acids is 1. The van der Waals surface area contributed by atoms with Crippen molar-refractivity contribution >= 4 is 23.4 Å². The fraction of sp³-hybridized carbons (Fsp3) is 0.500. The van der Waals surface area contributed by atoms with Crippen molar-refractivity contribution in [1.29, 1.82) is 0 Å². The van der Waals surface area contributed by atoms with E-state index in [-0.39, 0.29) is 5.97 Å². The molecule has 0 N–H and O–H groups in total. The number of rotatable bonds is 4. The van der Waals surface area contributed by atoms with Gasteiger partial charge < -0.3 is 4.74 Å². The summed E-state index contributed by atoms with van der Waals surface area (Å²) in [7, 11) is 0. The average Bonchev–Trinajstić information content (AvgIpc) is 2.96. The van der Waals surface area contributed by atoms with Crippen LogP contribution in [-0.4, -0.2) is 22.8 Å². The molecule has 0 amide bonds. The molecule has 1 aliphatic rings. The third-order valence-electron chi connectivity index (χ3n) is 2.03. The molecule has 4 nitrogen and oxygen atoms in total. The molecule has 0 radical (unpaired) electrons. The Labute approximate surface area is 92.0 Å². The highest BCUT2D eigenvalue weighted by molar-refractivity contribution is 7.12. The van der Waals surface area contributed by atoms with Crippen molar-refractivity contribution in [2.45, 2.75) is 25.7 Å². The summed E-state index contributed by atoms with van der Waals surface area (Å²) in [5, 5.41) is 9.90. The Morgan fingerprint density at radius 3 is 3.07 bits per heavy atom. The van der Waals surface area contributed by atoms with Gasteiger partial charge in [-0.25, -0.2) is 4.79 Å². The number of carbonyl (C=O) groups is 1. The highest BCUT2D eigenvalue weighted by atomic mass is 32.1. The van der Waals surface area contributed by atoms with Crippen LogP contribution in [-0.2, 0) is 9.53 Å². The van der Waals surface area contributed by atoms with Gasteiger partial charge in [0.05, 0.1) is 6.61 Å². The molecule has 1 aromatic heterocycles. The van der Waals surface area contributed by atoms with Gasteiger partial charge in [0, 0.05) is 12.0 Å². The van der Waals surface area contributed by atoms with Crippen LogP contribution in [0.2, 0.25) is 0 Å². The van der Waals surface area contributed by atoms with Crippen molar-refractivity contribution in [1.82, 2.24) is 10.2 Å². The zero-order valence-electron chi connectivity index (χ0n) is 8.47. The molecular weight excluding hydrogens is 212 g/mol. The Morgan fingerprint density at radius 2 is 2.40 bits per heavy atom. The van der Waals surface area contributed by atoms with Gasteiger partial charge in [0.1, 0.15) is 10.0 Å². The largest absolute Gasteiger partial charge is 0.463 e. The molecule has 2 rings (SSSR count). The molecule has 80 valence electrons. The van der Waals surface area contributed by atoms with E-state index in [1.165, 1.54) is 18.9 Å². The molecule has 1 saturated carbocycles. The standard InChI is InChI=1S/C10H12N2O2S/c1-2-14-9(13)6-5-8-11-12-10(15-8)7-3-4-7/h5-7H,2-4H2,1H3/b6-5+. The van der Waals surface area contributed by atoms with E-state index in [9.17, 15) is 4.79 Å². The molecular formula is C10H12N2O2S. The normalized spacial score (nSPS) is 15.8. The molecule has 5 heteroatoms. The lowest BCUT2D eigenvalue weighted by Gasteiger charge is -1.92. The third-order valence-corrected chi connectivity index (χ3v) is 3.08. The minimum atomic E-state index is -0.333. The maximum absolute atomic E-state index is 11.0. The van der Waals surface area contributed by atoms with Crippen molar-refractivity contribution in [3.05, 3.63) is 16.1 Å². The molecule has 1 aliphatic carbocycles. The molecule has 0 aromatic carbocycles. The summed E-state index contributed by atoms with van der Waals surface area (Å²) >= 11 is 1.55. The molecule has 1 heterocycles. The highest BCUT2D eigenvalue weighted by Gasteiger charge is 2.27. The third kappa shape index (κ3) is 2.86. The number of nitrogens with zero attached hydrogens (tertiary/aromatic N) is 2. The van der Waals surface area contributed by atoms with Crippen LogP contribution >= 0.6 is 11.3 Å². The number of hydrogen-bond acceptors (Lipinski definition) is 5. The zero-order valence-corrected chi connectivity index (χ0v) is 9.29. The zero-order chi connectivity index (χ0) is 10.7. The lowest BCUT2D eigenvalue weighted by molar-refractivity contribution is -0.137. The summed E-state index contributed by atoms with van der Waals surface area (Å²) in [6.45, 7) is 2.18. The summed E-state index contributed by atoms with van der Waals surface area (Å²) in [5.74, 6) is 0.285. The van der Waals surface area contributed by atoms with E-state index >= 15 is 0 Å².